The summed E-state index contributed by atoms with van der Waals surface area (Å²) < 4.78 is 27.2. The van der Waals surface area contributed by atoms with Crippen LogP contribution in [0, 0.1) is 17.1 Å². The molecule has 0 radical (unpaired) electrons. The van der Waals surface area contributed by atoms with Crippen molar-refractivity contribution in [2.24, 2.45) is 0 Å². The van der Waals surface area contributed by atoms with Gasteiger partial charge in [-0.25, -0.2) is 13.9 Å². The van der Waals surface area contributed by atoms with Gasteiger partial charge in [0.1, 0.15) is 24.2 Å². The van der Waals surface area contributed by atoms with E-state index in [9.17, 15) is 19.2 Å². The number of hydrogen-bond donors (Lipinski definition) is 1. The molecule has 1 atom stereocenters. The number of anilines is 1. The maximum absolute atomic E-state index is 14.3. The number of nitrogens with zero attached hydrogens (tertiary/aromatic N) is 4. The Morgan fingerprint density at radius 3 is 2.62 bits per heavy atom. The van der Waals surface area contributed by atoms with E-state index in [4.69, 9.17) is 14.6 Å². The van der Waals surface area contributed by atoms with Gasteiger partial charge in [-0.05, 0) is 57.2 Å². The molecule has 39 heavy (non-hydrogen) atoms. The van der Waals surface area contributed by atoms with Crippen LogP contribution in [0.5, 0.6) is 5.75 Å². The van der Waals surface area contributed by atoms with Crippen LogP contribution >= 0.6 is 0 Å². The third-order valence-electron chi connectivity index (χ3n) is 6.09. The topological polar surface area (TPSA) is 109 Å². The Labute approximate surface area is 224 Å². The summed E-state index contributed by atoms with van der Waals surface area (Å²) in [7, 11) is 0. The molecular weight excluding hydrogens is 501 g/mol. The molecule has 10 heteroatoms. The first-order chi connectivity index (χ1) is 18.6. The fourth-order valence-electron chi connectivity index (χ4n) is 4.40. The van der Waals surface area contributed by atoms with Gasteiger partial charge in [-0.1, -0.05) is 24.3 Å². The first kappa shape index (κ1) is 25.7. The molecular formula is C29H26FN5O4. The predicted octanol–water partition coefficient (Wildman–Crippen LogP) is 4.86. The Morgan fingerprint density at radius 1 is 1.15 bits per heavy atom. The number of aromatic nitrogens is 2. The molecule has 4 aromatic rings. The van der Waals surface area contributed by atoms with Crippen LogP contribution in [-0.4, -0.2) is 40.0 Å². The van der Waals surface area contributed by atoms with Gasteiger partial charge < -0.3 is 14.8 Å². The molecule has 0 fully saturated rings. The average Bonchev–Trinajstić information content (AvgIpc) is 3.19. The maximum Gasteiger partial charge on any atom is 0.408 e. The summed E-state index contributed by atoms with van der Waals surface area (Å²) in [4.78, 5) is 27.7. The standard InChI is InChI=1S/C29H26FN5O4/c1-29(2,3)32-28(37)39-26-17-38-25-11-7-6-10-23(25)34(27(26)36)16-21-20-13-12-19(30)14-24(20)35(33-21)22-9-5-4-8-18(22)15-31/h4-14,26H,16-17H2,1-3H3,(H,32,37)/t26-/m0/s1. The third kappa shape index (κ3) is 5.25. The van der Waals surface area contributed by atoms with Gasteiger partial charge in [0.2, 0.25) is 6.10 Å². The third-order valence-corrected chi connectivity index (χ3v) is 6.09. The minimum absolute atomic E-state index is 0.0240. The molecule has 0 aliphatic carbocycles. The first-order valence-corrected chi connectivity index (χ1v) is 12.3. The predicted molar refractivity (Wildman–Crippen MR) is 142 cm³/mol. The van der Waals surface area contributed by atoms with E-state index < -0.39 is 29.5 Å². The smallest absolute Gasteiger partial charge is 0.408 e. The lowest BCUT2D eigenvalue weighted by Crippen LogP contribution is -2.47. The summed E-state index contributed by atoms with van der Waals surface area (Å²) >= 11 is 0. The van der Waals surface area contributed by atoms with Crippen molar-refractivity contribution in [3.8, 4) is 17.5 Å². The molecule has 2 heterocycles. The largest absolute Gasteiger partial charge is 0.487 e. The van der Waals surface area contributed by atoms with Crippen molar-refractivity contribution < 1.29 is 23.5 Å². The second-order valence-corrected chi connectivity index (χ2v) is 10.1. The van der Waals surface area contributed by atoms with Gasteiger partial charge in [0, 0.05) is 17.0 Å². The Hall–Kier alpha value is -4.91. The minimum Gasteiger partial charge on any atom is -0.487 e. The number of hydrogen-bond acceptors (Lipinski definition) is 6. The highest BCUT2D eigenvalue weighted by atomic mass is 19.1. The van der Waals surface area contributed by atoms with Crippen molar-refractivity contribution in [3.05, 3.63) is 83.8 Å². The van der Waals surface area contributed by atoms with Crippen molar-refractivity contribution in [2.75, 3.05) is 11.5 Å². The van der Waals surface area contributed by atoms with Crippen molar-refractivity contribution in [2.45, 2.75) is 39.0 Å². The van der Waals surface area contributed by atoms with Gasteiger partial charge in [0.05, 0.1) is 34.7 Å². The molecule has 0 bridgehead atoms. The average molecular weight is 528 g/mol. The second kappa shape index (κ2) is 10.1. The molecule has 0 spiro atoms. The van der Waals surface area contributed by atoms with E-state index in [2.05, 4.69) is 11.4 Å². The number of carbonyl (C=O) groups excluding carboxylic acids is 2. The molecule has 198 valence electrons. The number of alkyl carbamates (subject to hydrolysis) is 1. The number of fused-ring (bicyclic) bond motifs is 2. The maximum atomic E-state index is 14.3. The number of nitrogens with one attached hydrogen (secondary N) is 1. The van der Waals surface area contributed by atoms with E-state index in [0.717, 1.165) is 0 Å². The Kier molecular flexibility index (Phi) is 6.66. The van der Waals surface area contributed by atoms with Crippen LogP contribution < -0.4 is 15.0 Å². The number of carbonyl (C=O) groups is 2. The van der Waals surface area contributed by atoms with E-state index in [-0.39, 0.29) is 13.2 Å². The van der Waals surface area contributed by atoms with Gasteiger partial charge in [-0.2, -0.15) is 10.4 Å². The quantitative estimate of drug-likeness (QED) is 0.406. The van der Waals surface area contributed by atoms with Crippen LogP contribution in [0.4, 0.5) is 14.9 Å². The molecule has 1 N–H and O–H groups in total. The number of halogens is 1. The van der Waals surface area contributed by atoms with Crippen LogP contribution in [0.2, 0.25) is 0 Å². The molecule has 1 aliphatic rings. The van der Waals surface area contributed by atoms with E-state index in [0.29, 0.717) is 39.3 Å². The summed E-state index contributed by atoms with van der Waals surface area (Å²) in [6, 6.07) is 20.3. The molecule has 0 saturated carbocycles. The van der Waals surface area contributed by atoms with Crippen molar-refractivity contribution in [3.63, 3.8) is 0 Å². The fourth-order valence-corrected chi connectivity index (χ4v) is 4.40. The highest BCUT2D eigenvalue weighted by Crippen LogP contribution is 2.34. The van der Waals surface area contributed by atoms with Gasteiger partial charge in [-0.3, -0.25) is 9.69 Å². The van der Waals surface area contributed by atoms with E-state index in [1.54, 1.807) is 75.4 Å². The SMILES string of the molecule is CC(C)(C)NC(=O)O[C@H]1COc2ccccc2N(Cc2nn(-c3ccccc3C#N)c3cc(F)ccc23)C1=O. The lowest BCUT2D eigenvalue weighted by molar-refractivity contribution is -0.128. The van der Waals surface area contributed by atoms with Gasteiger partial charge >= 0.3 is 6.09 Å². The van der Waals surface area contributed by atoms with Crippen molar-refractivity contribution in [1.29, 1.82) is 5.26 Å². The zero-order chi connectivity index (χ0) is 27.7. The van der Waals surface area contributed by atoms with Gasteiger partial charge in [0.15, 0.2) is 0 Å². The van der Waals surface area contributed by atoms with Crippen LogP contribution in [0.1, 0.15) is 32.0 Å². The molecule has 1 aliphatic heterocycles. The molecule has 9 nitrogen and oxygen atoms in total. The number of rotatable bonds is 4. The zero-order valence-corrected chi connectivity index (χ0v) is 21.6. The molecule has 5 rings (SSSR count). The summed E-state index contributed by atoms with van der Waals surface area (Å²) in [5.74, 6) is -0.517. The monoisotopic (exact) mass is 527 g/mol. The zero-order valence-electron chi connectivity index (χ0n) is 21.6. The lowest BCUT2D eigenvalue weighted by atomic mass is 10.1. The number of benzene rings is 3. The number of para-hydroxylation sites is 3. The Bertz CT molecular complexity index is 1620. The summed E-state index contributed by atoms with van der Waals surface area (Å²) in [6.07, 6.45) is -1.96. The van der Waals surface area contributed by atoms with E-state index in [1.807, 2.05) is 0 Å². The summed E-state index contributed by atoms with van der Waals surface area (Å²) in [6.45, 7) is 5.22. The Balaban J connectivity index is 1.57. The highest BCUT2D eigenvalue weighted by molar-refractivity contribution is 6.00. The highest BCUT2D eigenvalue weighted by Gasteiger charge is 2.35. The van der Waals surface area contributed by atoms with Crippen LogP contribution in [0.15, 0.2) is 66.7 Å². The second-order valence-electron chi connectivity index (χ2n) is 10.1. The van der Waals surface area contributed by atoms with Crippen LogP contribution in [-0.2, 0) is 16.1 Å². The van der Waals surface area contributed by atoms with E-state index >= 15 is 0 Å². The summed E-state index contributed by atoms with van der Waals surface area (Å²) in [5.41, 5.74) is 1.66. The number of ether oxygens (including phenoxy) is 2. The van der Waals surface area contributed by atoms with Crippen molar-refractivity contribution in [1.82, 2.24) is 15.1 Å². The van der Waals surface area contributed by atoms with E-state index in [1.165, 1.54) is 21.7 Å². The number of nitriles is 1. The molecule has 1 aromatic heterocycles. The van der Waals surface area contributed by atoms with Crippen molar-refractivity contribution >= 4 is 28.6 Å². The number of amides is 2. The first-order valence-electron chi connectivity index (χ1n) is 12.3. The Morgan fingerprint density at radius 2 is 1.87 bits per heavy atom. The van der Waals surface area contributed by atoms with Gasteiger partial charge in [-0.15, -0.1) is 0 Å². The fraction of sp³-hybridized carbons (Fsp3) is 0.241. The molecule has 0 saturated heterocycles. The molecule has 3 aromatic carbocycles. The minimum atomic E-state index is -1.22. The summed E-state index contributed by atoms with van der Waals surface area (Å²) in [5, 5.41) is 17.7. The normalized spacial score (nSPS) is 15.2. The molecule has 0 unspecified atom stereocenters. The van der Waals surface area contributed by atoms with Gasteiger partial charge in [0.25, 0.3) is 5.91 Å². The lowest BCUT2D eigenvalue weighted by Gasteiger charge is -2.25. The van der Waals surface area contributed by atoms with Crippen LogP contribution in [0.3, 0.4) is 0 Å². The molecule has 2 amide bonds. The van der Waals surface area contributed by atoms with Crippen LogP contribution in [0.25, 0.3) is 16.6 Å².